The first-order valence-electron chi connectivity index (χ1n) is 5.45. The van der Waals surface area contributed by atoms with E-state index in [0.717, 1.165) is 24.4 Å². The van der Waals surface area contributed by atoms with E-state index in [9.17, 15) is 9.59 Å². The van der Waals surface area contributed by atoms with E-state index in [-0.39, 0.29) is 13.2 Å². The monoisotopic (exact) mass is 274 g/mol. The summed E-state index contributed by atoms with van der Waals surface area (Å²) in [5, 5.41) is 2.41. The second-order valence-electron chi connectivity index (χ2n) is 3.47. The molecule has 0 aliphatic heterocycles. The minimum Gasteiger partial charge on any atom is -0.460 e. The Labute approximate surface area is 111 Å². The van der Waals surface area contributed by atoms with Gasteiger partial charge in [-0.1, -0.05) is 13.5 Å². The number of nitrogens with one attached hydrogen (secondary N) is 1. The number of rotatable bonds is 7. The van der Waals surface area contributed by atoms with E-state index in [2.05, 4.69) is 16.3 Å². The van der Waals surface area contributed by atoms with E-state index in [1.54, 1.807) is 6.92 Å². The van der Waals surface area contributed by atoms with Crippen molar-refractivity contribution in [3.05, 3.63) is 12.2 Å². The average Bonchev–Trinajstić information content (AvgIpc) is 2.33. The van der Waals surface area contributed by atoms with Crippen molar-refractivity contribution in [1.29, 1.82) is 0 Å². The highest BCUT2D eigenvalue weighted by atomic mass is 32.2. The number of nitrogens with zero attached hydrogens (tertiary/aromatic N) is 1. The van der Waals surface area contributed by atoms with Gasteiger partial charge in [-0.05, 0) is 20.3 Å². The van der Waals surface area contributed by atoms with Crippen LogP contribution in [0.3, 0.4) is 0 Å². The van der Waals surface area contributed by atoms with Crippen LogP contribution in [0.2, 0.25) is 0 Å². The molecule has 0 aromatic carbocycles. The third-order valence-electron chi connectivity index (χ3n) is 1.77. The number of hydrogen-bond donors (Lipinski definition) is 1. The van der Waals surface area contributed by atoms with E-state index >= 15 is 0 Å². The van der Waals surface area contributed by atoms with Crippen LogP contribution >= 0.6 is 12.2 Å². The number of amides is 1. The molecule has 0 aliphatic carbocycles. The van der Waals surface area contributed by atoms with Gasteiger partial charge in [-0.3, -0.25) is 0 Å². The summed E-state index contributed by atoms with van der Waals surface area (Å²) < 4.78 is 13.4. The molecule has 0 saturated carbocycles. The van der Waals surface area contributed by atoms with Crippen molar-refractivity contribution in [1.82, 2.24) is 5.32 Å². The lowest BCUT2D eigenvalue weighted by Gasteiger charge is -2.05. The summed E-state index contributed by atoms with van der Waals surface area (Å²) in [5.41, 5.74) is 1.20. The summed E-state index contributed by atoms with van der Waals surface area (Å²) in [6, 6.07) is 0. The lowest BCUT2D eigenvalue weighted by molar-refractivity contribution is -0.138. The fraction of sp³-hybridized carbons (Fsp3) is 0.545. The van der Waals surface area contributed by atoms with Crippen LogP contribution in [-0.2, 0) is 13.7 Å². The van der Waals surface area contributed by atoms with Crippen molar-refractivity contribution >= 4 is 30.0 Å². The fourth-order valence-electron chi connectivity index (χ4n) is 0.630. The van der Waals surface area contributed by atoms with Gasteiger partial charge < -0.3 is 14.2 Å². The first-order chi connectivity index (χ1) is 8.47. The highest BCUT2D eigenvalue weighted by molar-refractivity contribution is 7.93. The van der Waals surface area contributed by atoms with Gasteiger partial charge in [-0.2, -0.15) is 4.40 Å². The van der Waals surface area contributed by atoms with Gasteiger partial charge in [0, 0.05) is 11.3 Å². The molecule has 1 amide bonds. The van der Waals surface area contributed by atoms with E-state index in [4.69, 9.17) is 8.92 Å². The highest BCUT2D eigenvalue weighted by Crippen LogP contribution is 2.05. The molecule has 102 valence electrons. The van der Waals surface area contributed by atoms with Crippen molar-refractivity contribution in [3.63, 3.8) is 0 Å². The molecule has 0 heterocycles. The van der Waals surface area contributed by atoms with Crippen LogP contribution < -0.4 is 5.32 Å². The third kappa shape index (κ3) is 8.63. The van der Waals surface area contributed by atoms with Crippen LogP contribution in [0.4, 0.5) is 4.79 Å². The summed E-state index contributed by atoms with van der Waals surface area (Å²) in [7, 11) is 0. The van der Waals surface area contributed by atoms with Gasteiger partial charge in [0.25, 0.3) is 0 Å². The molecule has 0 spiro atoms. The zero-order valence-corrected chi connectivity index (χ0v) is 11.6. The Bertz CT molecular complexity index is 342. The van der Waals surface area contributed by atoms with E-state index < -0.39 is 12.1 Å². The molecule has 18 heavy (non-hydrogen) atoms. The summed E-state index contributed by atoms with van der Waals surface area (Å²) in [4.78, 5) is 22.1. The average molecular weight is 274 g/mol. The minimum atomic E-state index is -0.626. The predicted molar refractivity (Wildman–Crippen MR) is 71.2 cm³/mol. The number of esters is 1. The topological polar surface area (TPSA) is 77.0 Å². The maximum absolute atomic E-state index is 11.1. The Kier molecular flexibility index (Phi) is 8.73. The molecule has 0 saturated heterocycles. The van der Waals surface area contributed by atoms with Gasteiger partial charge in [-0.25, -0.2) is 9.59 Å². The lowest BCUT2D eigenvalue weighted by atomic mass is 10.3. The Morgan fingerprint density at radius 3 is 2.61 bits per heavy atom. The second kappa shape index (κ2) is 9.52. The van der Waals surface area contributed by atoms with Crippen molar-refractivity contribution < 1.29 is 18.5 Å². The summed E-state index contributed by atoms with van der Waals surface area (Å²) >= 11 is 0.717. The maximum atomic E-state index is 11.1. The third-order valence-corrected chi connectivity index (χ3v) is 2.38. The molecule has 0 bridgehead atoms. The normalized spacial score (nSPS) is 10.7. The maximum Gasteiger partial charge on any atom is 0.421 e. The van der Waals surface area contributed by atoms with E-state index in [1.165, 1.54) is 0 Å². The molecule has 0 fully saturated rings. The van der Waals surface area contributed by atoms with Gasteiger partial charge in [0.1, 0.15) is 6.61 Å². The number of ether oxygens (including phenoxy) is 1. The quantitative estimate of drug-likeness (QED) is 0.192. The van der Waals surface area contributed by atoms with Crippen LogP contribution in [0.1, 0.15) is 27.2 Å². The van der Waals surface area contributed by atoms with Gasteiger partial charge >= 0.3 is 12.1 Å². The molecule has 0 aromatic rings. The Morgan fingerprint density at radius 1 is 1.39 bits per heavy atom. The first-order valence-corrected chi connectivity index (χ1v) is 6.14. The van der Waals surface area contributed by atoms with Crippen molar-refractivity contribution in [2.75, 3.05) is 13.2 Å². The standard InChI is InChI=1S/C11H18N2O4S/c1-5-9(4)13-18-17-11(15)12-6-7-16-10(14)8(2)3/h2,5-7H2,1,3-4H3,(H,12,15)/b13-9+. The highest BCUT2D eigenvalue weighted by Gasteiger charge is 2.04. The Morgan fingerprint density at radius 2 is 2.06 bits per heavy atom. The summed E-state index contributed by atoms with van der Waals surface area (Å²) in [5.74, 6) is -0.484. The largest absolute Gasteiger partial charge is 0.460 e. The molecule has 0 aromatic heterocycles. The zero-order valence-electron chi connectivity index (χ0n) is 10.8. The number of carbonyl (C=O) groups is 2. The molecule has 0 atom stereocenters. The van der Waals surface area contributed by atoms with Crippen LogP contribution in [0, 0.1) is 0 Å². The van der Waals surface area contributed by atoms with Gasteiger partial charge in [0.2, 0.25) is 12.2 Å². The molecule has 1 N–H and O–H groups in total. The van der Waals surface area contributed by atoms with Crippen LogP contribution in [-0.4, -0.2) is 30.9 Å². The Hall–Kier alpha value is -1.50. The molecular weight excluding hydrogens is 256 g/mol. The van der Waals surface area contributed by atoms with Crippen LogP contribution in [0.25, 0.3) is 0 Å². The Balaban J connectivity index is 3.60. The molecule has 7 heteroatoms. The van der Waals surface area contributed by atoms with Gasteiger partial charge in [0.05, 0.1) is 6.54 Å². The summed E-state index contributed by atoms with van der Waals surface area (Å²) in [6.07, 6.45) is 0.175. The van der Waals surface area contributed by atoms with E-state index in [0.29, 0.717) is 5.57 Å². The smallest absolute Gasteiger partial charge is 0.421 e. The molecule has 0 rings (SSSR count). The van der Waals surface area contributed by atoms with Crippen molar-refractivity contribution in [2.24, 2.45) is 4.40 Å². The van der Waals surface area contributed by atoms with Crippen LogP contribution in [0.15, 0.2) is 16.5 Å². The fourth-order valence-corrected chi connectivity index (χ4v) is 1.05. The summed E-state index contributed by atoms with van der Waals surface area (Å²) in [6.45, 7) is 9.02. The lowest BCUT2D eigenvalue weighted by Crippen LogP contribution is -2.27. The van der Waals surface area contributed by atoms with Crippen LogP contribution in [0.5, 0.6) is 0 Å². The van der Waals surface area contributed by atoms with E-state index in [1.807, 2.05) is 13.8 Å². The second-order valence-corrected chi connectivity index (χ2v) is 3.97. The van der Waals surface area contributed by atoms with Crippen molar-refractivity contribution in [2.45, 2.75) is 27.2 Å². The molecule has 0 radical (unpaired) electrons. The zero-order chi connectivity index (χ0) is 14.0. The number of carbonyl (C=O) groups excluding carboxylic acids is 2. The molecular formula is C11H18N2O4S. The van der Waals surface area contributed by atoms with Crippen molar-refractivity contribution in [3.8, 4) is 0 Å². The van der Waals surface area contributed by atoms with Gasteiger partial charge in [-0.15, -0.1) is 0 Å². The predicted octanol–water partition coefficient (Wildman–Crippen LogP) is 2.27. The molecule has 0 aliphatic rings. The molecule has 0 unspecified atom stereocenters. The molecule has 6 nitrogen and oxygen atoms in total. The minimum absolute atomic E-state index is 0.0721. The number of hydrogen-bond acceptors (Lipinski definition) is 6. The van der Waals surface area contributed by atoms with Gasteiger partial charge in [0.15, 0.2) is 0 Å². The SMILES string of the molecule is C=C(C)C(=O)OCCNC(=O)OS/N=C(\C)CC. The first kappa shape index (κ1) is 16.5.